The van der Waals surface area contributed by atoms with E-state index in [1.165, 1.54) is 5.56 Å². The molecule has 0 aromatic heterocycles. The van der Waals surface area contributed by atoms with Crippen molar-refractivity contribution in [2.75, 3.05) is 14.1 Å². The van der Waals surface area contributed by atoms with Crippen LogP contribution in [0.1, 0.15) is 35.6 Å². The van der Waals surface area contributed by atoms with Crippen molar-refractivity contribution in [1.82, 2.24) is 4.90 Å². The highest BCUT2D eigenvalue weighted by Gasteiger charge is 2.46. The van der Waals surface area contributed by atoms with Crippen LogP contribution in [-0.4, -0.2) is 47.1 Å². The number of carboxylic acid groups (broad SMARTS) is 2. The summed E-state index contributed by atoms with van der Waals surface area (Å²) in [5.74, 6) is -2.77. The molecule has 0 radical (unpaired) electrons. The van der Waals surface area contributed by atoms with Gasteiger partial charge < -0.3 is 20.8 Å². The highest BCUT2D eigenvalue weighted by molar-refractivity contribution is 5.91. The topological polar surface area (TPSA) is 121 Å². The van der Waals surface area contributed by atoms with Gasteiger partial charge in [-0.1, -0.05) is 54.6 Å². The minimum absolute atomic E-state index is 0.261. The Labute approximate surface area is 175 Å². The predicted molar refractivity (Wildman–Crippen MR) is 113 cm³/mol. The molecule has 2 aromatic carbocycles. The zero-order chi connectivity index (χ0) is 22.3. The normalized spacial score (nSPS) is 20.2. The molecular formula is C23H26N2O5. The molecule has 1 aliphatic rings. The second-order valence-corrected chi connectivity index (χ2v) is 7.25. The smallest absolute Gasteiger partial charge is 0.328 e. The fourth-order valence-electron chi connectivity index (χ4n) is 3.92. The predicted octanol–water partition coefficient (Wildman–Crippen LogP) is 2.57. The van der Waals surface area contributed by atoms with E-state index in [0.717, 1.165) is 24.0 Å². The van der Waals surface area contributed by atoms with Crippen LogP contribution < -0.4 is 5.73 Å². The average Bonchev–Trinajstić information content (AvgIpc) is 2.72. The molecule has 3 rings (SSSR count). The van der Waals surface area contributed by atoms with Crippen molar-refractivity contribution in [2.45, 2.75) is 24.3 Å². The number of hydrogen-bond donors (Lipinski definition) is 3. The van der Waals surface area contributed by atoms with Gasteiger partial charge in [-0.25, -0.2) is 9.59 Å². The Balaban J connectivity index is 0.000000343. The summed E-state index contributed by atoms with van der Waals surface area (Å²) in [6, 6.07) is 18.5. The zero-order valence-corrected chi connectivity index (χ0v) is 17.0. The number of nitrogens with two attached hydrogens (primary N) is 1. The van der Waals surface area contributed by atoms with E-state index in [2.05, 4.69) is 31.1 Å². The summed E-state index contributed by atoms with van der Waals surface area (Å²) < 4.78 is 0. The zero-order valence-electron chi connectivity index (χ0n) is 17.0. The Hall–Kier alpha value is -3.45. The van der Waals surface area contributed by atoms with E-state index in [-0.39, 0.29) is 5.91 Å². The number of primary amides is 1. The van der Waals surface area contributed by atoms with Crippen molar-refractivity contribution in [3.63, 3.8) is 0 Å². The Morgan fingerprint density at radius 1 is 0.967 bits per heavy atom. The quantitative estimate of drug-likeness (QED) is 0.652. The maximum atomic E-state index is 12.5. The van der Waals surface area contributed by atoms with E-state index in [0.29, 0.717) is 18.2 Å². The molecule has 30 heavy (non-hydrogen) atoms. The van der Waals surface area contributed by atoms with Crippen LogP contribution in [0, 0.1) is 0 Å². The second-order valence-electron chi connectivity index (χ2n) is 7.25. The van der Waals surface area contributed by atoms with Crippen molar-refractivity contribution < 1.29 is 24.6 Å². The van der Waals surface area contributed by atoms with E-state index in [9.17, 15) is 14.4 Å². The molecule has 0 spiro atoms. The van der Waals surface area contributed by atoms with Crippen LogP contribution in [-0.2, 0) is 19.8 Å². The molecule has 2 unspecified atom stereocenters. The van der Waals surface area contributed by atoms with Gasteiger partial charge in [-0.15, -0.1) is 0 Å². The number of rotatable bonds is 5. The number of nitrogens with zero attached hydrogens (tertiary/aromatic N) is 1. The number of hydrogen-bond acceptors (Lipinski definition) is 4. The van der Waals surface area contributed by atoms with Crippen LogP contribution in [0.5, 0.6) is 0 Å². The number of carbonyl (C=O) groups excluding carboxylic acids is 1. The minimum Gasteiger partial charge on any atom is -0.478 e. The van der Waals surface area contributed by atoms with Gasteiger partial charge in [0.25, 0.3) is 0 Å². The molecular weight excluding hydrogens is 384 g/mol. The third-order valence-electron chi connectivity index (χ3n) is 5.25. The molecule has 0 fully saturated rings. The first-order chi connectivity index (χ1) is 14.2. The molecule has 1 aliphatic carbocycles. The van der Waals surface area contributed by atoms with Gasteiger partial charge in [0.2, 0.25) is 5.91 Å². The SMILES string of the molecule is CN(C)C1CCC(C(N)=O)(c2ccccc2)c2ccccc21.O=C(O)/C=C/C(=O)O. The Kier molecular flexibility index (Phi) is 7.49. The van der Waals surface area contributed by atoms with Gasteiger partial charge >= 0.3 is 11.9 Å². The Morgan fingerprint density at radius 2 is 1.50 bits per heavy atom. The molecule has 0 saturated heterocycles. The number of fused-ring (bicyclic) bond motifs is 1. The summed E-state index contributed by atoms with van der Waals surface area (Å²) in [4.78, 5) is 33.8. The molecule has 0 bridgehead atoms. The van der Waals surface area contributed by atoms with Crippen LogP contribution in [0.4, 0.5) is 0 Å². The molecule has 0 aliphatic heterocycles. The summed E-state index contributed by atoms with van der Waals surface area (Å²) >= 11 is 0. The summed E-state index contributed by atoms with van der Waals surface area (Å²) in [5, 5.41) is 15.6. The van der Waals surface area contributed by atoms with Crippen LogP contribution in [0.25, 0.3) is 0 Å². The number of aliphatic carboxylic acids is 2. The van der Waals surface area contributed by atoms with Gasteiger partial charge in [0.05, 0.1) is 5.41 Å². The lowest BCUT2D eigenvalue weighted by atomic mass is 9.64. The van der Waals surface area contributed by atoms with E-state index >= 15 is 0 Å². The number of benzene rings is 2. The molecule has 4 N–H and O–H groups in total. The molecule has 7 heteroatoms. The van der Waals surface area contributed by atoms with Gasteiger partial charge in [-0.2, -0.15) is 0 Å². The van der Waals surface area contributed by atoms with Crippen molar-refractivity contribution >= 4 is 17.8 Å². The van der Waals surface area contributed by atoms with Crippen LogP contribution >= 0.6 is 0 Å². The van der Waals surface area contributed by atoms with E-state index in [1.807, 2.05) is 42.5 Å². The highest BCUT2D eigenvalue weighted by atomic mass is 16.4. The molecule has 2 atom stereocenters. The molecule has 7 nitrogen and oxygen atoms in total. The molecule has 0 saturated carbocycles. The largest absolute Gasteiger partial charge is 0.478 e. The first-order valence-electron chi connectivity index (χ1n) is 9.45. The maximum absolute atomic E-state index is 12.5. The van der Waals surface area contributed by atoms with Crippen molar-refractivity contribution in [3.05, 3.63) is 83.4 Å². The average molecular weight is 410 g/mol. The lowest BCUT2D eigenvalue weighted by Crippen LogP contribution is -2.46. The first kappa shape index (κ1) is 22.8. The molecule has 2 aromatic rings. The Bertz CT molecular complexity index is 924. The third kappa shape index (κ3) is 4.93. The fraction of sp³-hybridized carbons (Fsp3) is 0.261. The minimum atomic E-state index is -1.26. The van der Waals surface area contributed by atoms with Gasteiger partial charge in [0, 0.05) is 18.2 Å². The van der Waals surface area contributed by atoms with E-state index in [4.69, 9.17) is 15.9 Å². The number of carboxylic acids is 2. The standard InChI is InChI=1S/C19H22N2O.C4H4O4/c1-21(2)17-12-13-19(18(20)22,14-8-4-3-5-9-14)16-11-7-6-10-15(16)17;5-3(6)1-2-4(7)8/h3-11,17H,12-13H2,1-2H3,(H2,20,22);1-2H,(H,5,6)(H,7,8)/b;2-1+. The lowest BCUT2D eigenvalue weighted by molar-refractivity contribution is -0.134. The van der Waals surface area contributed by atoms with Crippen LogP contribution in [0.3, 0.4) is 0 Å². The van der Waals surface area contributed by atoms with Crippen LogP contribution in [0.15, 0.2) is 66.7 Å². The van der Waals surface area contributed by atoms with Crippen LogP contribution in [0.2, 0.25) is 0 Å². The second kappa shape index (κ2) is 9.84. The van der Waals surface area contributed by atoms with Gasteiger partial charge in [-0.3, -0.25) is 4.79 Å². The molecule has 0 heterocycles. The van der Waals surface area contributed by atoms with Crippen molar-refractivity contribution in [3.8, 4) is 0 Å². The van der Waals surface area contributed by atoms with Crippen molar-refractivity contribution in [1.29, 1.82) is 0 Å². The highest BCUT2D eigenvalue weighted by Crippen LogP contribution is 2.47. The lowest BCUT2D eigenvalue weighted by Gasteiger charge is -2.42. The fourth-order valence-corrected chi connectivity index (χ4v) is 3.92. The summed E-state index contributed by atoms with van der Waals surface area (Å²) in [7, 11) is 4.17. The third-order valence-corrected chi connectivity index (χ3v) is 5.25. The summed E-state index contributed by atoms with van der Waals surface area (Å²) in [6.45, 7) is 0. The number of amides is 1. The monoisotopic (exact) mass is 410 g/mol. The molecule has 1 amide bonds. The Morgan fingerprint density at radius 3 is 2.00 bits per heavy atom. The maximum Gasteiger partial charge on any atom is 0.328 e. The molecule has 158 valence electrons. The first-order valence-corrected chi connectivity index (χ1v) is 9.45. The summed E-state index contributed by atoms with van der Waals surface area (Å²) in [5.41, 5.74) is 8.46. The van der Waals surface area contributed by atoms with Gasteiger partial charge in [-0.05, 0) is 43.6 Å². The van der Waals surface area contributed by atoms with E-state index < -0.39 is 17.4 Å². The summed E-state index contributed by atoms with van der Waals surface area (Å²) in [6.07, 6.45) is 2.78. The van der Waals surface area contributed by atoms with E-state index in [1.54, 1.807) is 0 Å². The van der Waals surface area contributed by atoms with Gasteiger partial charge in [0.1, 0.15) is 0 Å². The van der Waals surface area contributed by atoms with Crippen molar-refractivity contribution in [2.24, 2.45) is 5.73 Å². The number of carbonyl (C=O) groups is 3. The van der Waals surface area contributed by atoms with Gasteiger partial charge in [0.15, 0.2) is 0 Å².